The van der Waals surface area contributed by atoms with Crippen LogP contribution >= 0.6 is 0 Å². The van der Waals surface area contributed by atoms with Crippen LogP contribution in [-0.4, -0.2) is 21.0 Å². The first-order valence-corrected chi connectivity index (χ1v) is 12.4. The third kappa shape index (κ3) is 3.03. The van der Waals surface area contributed by atoms with E-state index in [1.54, 1.807) is 13.8 Å². The molecule has 168 valence electrons. The zero-order valence-electron chi connectivity index (χ0n) is 19.6. The maximum absolute atomic E-state index is 10.7. The Balaban J connectivity index is 1.40. The molecule has 0 aliphatic heterocycles. The van der Waals surface area contributed by atoms with E-state index in [-0.39, 0.29) is 5.41 Å². The molecule has 1 heterocycles. The van der Waals surface area contributed by atoms with Crippen molar-refractivity contribution in [2.75, 3.05) is 0 Å². The Bertz CT molecular complexity index is 807. The lowest BCUT2D eigenvalue weighted by Gasteiger charge is -2.61. The number of hydrogen-bond donors (Lipinski definition) is 2. The summed E-state index contributed by atoms with van der Waals surface area (Å²) < 4.78 is 5.56. The molecule has 4 fully saturated rings. The molecule has 0 aromatic carbocycles. The lowest BCUT2D eigenvalue weighted by molar-refractivity contribution is -0.143. The summed E-state index contributed by atoms with van der Waals surface area (Å²) >= 11 is 0. The molecule has 4 unspecified atom stereocenters. The molecule has 0 spiro atoms. The highest BCUT2D eigenvalue weighted by Crippen LogP contribution is 2.69. The summed E-state index contributed by atoms with van der Waals surface area (Å²) in [5.74, 6) is 4.12. The van der Waals surface area contributed by atoms with Crippen molar-refractivity contribution in [2.45, 2.75) is 110 Å². The predicted molar refractivity (Wildman–Crippen MR) is 117 cm³/mol. The van der Waals surface area contributed by atoms with Gasteiger partial charge in [0.25, 0.3) is 0 Å². The summed E-state index contributed by atoms with van der Waals surface area (Å²) in [6.07, 6.45) is 10.9. The maximum atomic E-state index is 10.7. The molecular weight excluding hydrogens is 374 g/mol. The van der Waals surface area contributed by atoms with Gasteiger partial charge in [-0.15, -0.1) is 0 Å². The van der Waals surface area contributed by atoms with E-state index in [1.165, 1.54) is 44.9 Å². The zero-order valence-corrected chi connectivity index (χ0v) is 19.6. The van der Waals surface area contributed by atoms with E-state index >= 15 is 0 Å². The lowest BCUT2D eigenvalue weighted by atomic mass is 9.44. The average Bonchev–Trinajstić information content (AvgIpc) is 3.26. The second-order valence-electron chi connectivity index (χ2n) is 12.7. The van der Waals surface area contributed by atoms with Crippen LogP contribution in [0.25, 0.3) is 0 Å². The van der Waals surface area contributed by atoms with Gasteiger partial charge in [0.2, 0.25) is 0 Å². The molecule has 4 heteroatoms. The van der Waals surface area contributed by atoms with Crippen LogP contribution in [0, 0.1) is 34.5 Å². The first-order chi connectivity index (χ1) is 13.9. The van der Waals surface area contributed by atoms with Gasteiger partial charge in [0.1, 0.15) is 5.60 Å². The quantitative estimate of drug-likeness (QED) is 0.642. The van der Waals surface area contributed by atoms with Crippen LogP contribution < -0.4 is 0 Å². The molecule has 5 rings (SSSR count). The summed E-state index contributed by atoms with van der Waals surface area (Å²) in [6, 6.07) is 2.02. The number of aromatic nitrogens is 1. The van der Waals surface area contributed by atoms with Crippen LogP contribution in [0.15, 0.2) is 10.6 Å². The van der Waals surface area contributed by atoms with Crippen LogP contribution in [0.2, 0.25) is 0 Å². The summed E-state index contributed by atoms with van der Waals surface area (Å²) in [4.78, 5) is 0. The van der Waals surface area contributed by atoms with Crippen molar-refractivity contribution in [1.29, 1.82) is 0 Å². The molecule has 30 heavy (non-hydrogen) atoms. The van der Waals surface area contributed by atoms with Crippen LogP contribution in [0.1, 0.15) is 110 Å². The average molecular weight is 416 g/mol. The topological polar surface area (TPSA) is 66.5 Å². The van der Waals surface area contributed by atoms with Gasteiger partial charge in [-0.1, -0.05) is 19.0 Å². The Morgan fingerprint density at radius 3 is 2.40 bits per heavy atom. The number of nitrogens with zero attached hydrogens (tertiary/aromatic N) is 1. The molecule has 0 amide bonds. The minimum Gasteiger partial charge on any atom is -0.390 e. The molecule has 4 aliphatic carbocycles. The molecule has 2 N–H and O–H groups in total. The Morgan fingerprint density at radius 2 is 1.70 bits per heavy atom. The van der Waals surface area contributed by atoms with Crippen LogP contribution in [0.3, 0.4) is 0 Å². The van der Waals surface area contributed by atoms with E-state index in [4.69, 9.17) is 4.52 Å². The molecule has 4 nitrogen and oxygen atoms in total. The van der Waals surface area contributed by atoms with Crippen molar-refractivity contribution >= 4 is 0 Å². The van der Waals surface area contributed by atoms with Gasteiger partial charge in [-0.05, 0) is 113 Å². The van der Waals surface area contributed by atoms with Gasteiger partial charge < -0.3 is 14.7 Å². The van der Waals surface area contributed by atoms with Crippen LogP contribution in [0.4, 0.5) is 0 Å². The van der Waals surface area contributed by atoms with Crippen molar-refractivity contribution in [3.8, 4) is 0 Å². The SMILES string of the molecule is CC(C)(O)c1cc([C@H]2CCC3C4CCC5C[C@](C)(O)CC[C@]5(C)C4CC[C@@]32C)no1. The number of hydrogen-bond acceptors (Lipinski definition) is 4. The minimum atomic E-state index is -0.975. The minimum absolute atomic E-state index is 0.290. The first-order valence-electron chi connectivity index (χ1n) is 12.4. The Hall–Kier alpha value is -0.870. The van der Waals surface area contributed by atoms with E-state index in [1.807, 2.05) is 6.07 Å². The zero-order chi connectivity index (χ0) is 21.5. The molecule has 0 bridgehead atoms. The van der Waals surface area contributed by atoms with Crippen LogP contribution in [0.5, 0.6) is 0 Å². The van der Waals surface area contributed by atoms with Gasteiger partial charge in [0.15, 0.2) is 5.76 Å². The molecule has 1 aromatic rings. The second kappa shape index (κ2) is 6.57. The van der Waals surface area contributed by atoms with E-state index < -0.39 is 11.2 Å². The van der Waals surface area contributed by atoms with Gasteiger partial charge >= 0.3 is 0 Å². The third-order valence-corrected chi connectivity index (χ3v) is 10.4. The van der Waals surface area contributed by atoms with Crippen molar-refractivity contribution in [2.24, 2.45) is 34.5 Å². The highest BCUT2D eigenvalue weighted by atomic mass is 16.5. The van der Waals surface area contributed by atoms with E-state index in [0.717, 1.165) is 36.3 Å². The summed E-state index contributed by atoms with van der Waals surface area (Å²) in [7, 11) is 0. The Labute approximate surface area is 181 Å². The molecular formula is C26H41NO3. The smallest absolute Gasteiger partial charge is 0.167 e. The van der Waals surface area contributed by atoms with E-state index in [2.05, 4.69) is 25.9 Å². The second-order valence-corrected chi connectivity index (χ2v) is 12.7. The number of fused-ring (bicyclic) bond motifs is 5. The van der Waals surface area contributed by atoms with E-state index in [0.29, 0.717) is 23.0 Å². The van der Waals surface area contributed by atoms with Gasteiger partial charge in [0, 0.05) is 12.0 Å². The fraction of sp³-hybridized carbons (Fsp3) is 0.885. The summed E-state index contributed by atoms with van der Waals surface area (Å²) in [5.41, 5.74) is 0.329. The highest BCUT2D eigenvalue weighted by molar-refractivity contribution is 5.22. The first kappa shape index (κ1) is 21.0. The van der Waals surface area contributed by atoms with Gasteiger partial charge in [-0.25, -0.2) is 0 Å². The van der Waals surface area contributed by atoms with Crippen molar-refractivity contribution in [3.63, 3.8) is 0 Å². The fourth-order valence-electron chi connectivity index (χ4n) is 8.66. The van der Waals surface area contributed by atoms with Gasteiger partial charge in [-0.3, -0.25) is 0 Å². The molecule has 0 radical (unpaired) electrons. The normalized spacial score (nSPS) is 48.7. The third-order valence-electron chi connectivity index (χ3n) is 10.4. The van der Waals surface area contributed by atoms with Crippen molar-refractivity contribution in [3.05, 3.63) is 17.5 Å². The van der Waals surface area contributed by atoms with Gasteiger partial charge in [-0.2, -0.15) is 0 Å². The molecule has 8 atom stereocenters. The van der Waals surface area contributed by atoms with Crippen LogP contribution in [-0.2, 0) is 5.60 Å². The number of aliphatic hydroxyl groups is 2. The molecule has 1 aromatic heterocycles. The van der Waals surface area contributed by atoms with Crippen molar-refractivity contribution in [1.82, 2.24) is 5.16 Å². The molecule has 4 saturated carbocycles. The van der Waals surface area contributed by atoms with Gasteiger partial charge in [0.05, 0.1) is 11.3 Å². The molecule has 0 saturated heterocycles. The predicted octanol–water partition coefficient (Wildman–Crippen LogP) is 5.78. The standard InChI is InChI=1S/C26H41NO3/c1-23(2,28)22-14-21(27-30-22)20-9-8-18-17-7-6-16-15-24(3,29)12-13-25(16,4)19(17)10-11-26(18,20)5/h14,16-20,28-29H,6-13,15H2,1-5H3/t16?,17?,18?,19?,20-,24-,25+,26+/m1/s1. The van der Waals surface area contributed by atoms with E-state index in [9.17, 15) is 10.2 Å². The Kier molecular flexibility index (Phi) is 4.60. The Morgan fingerprint density at radius 1 is 0.967 bits per heavy atom. The lowest BCUT2D eigenvalue weighted by Crippen LogP contribution is -2.55. The summed E-state index contributed by atoms with van der Waals surface area (Å²) in [6.45, 7) is 10.7. The summed E-state index contributed by atoms with van der Waals surface area (Å²) in [5, 5.41) is 25.5. The highest BCUT2D eigenvalue weighted by Gasteiger charge is 2.61. The fourth-order valence-corrected chi connectivity index (χ4v) is 8.66. The molecule has 4 aliphatic rings. The van der Waals surface area contributed by atoms with Crippen molar-refractivity contribution < 1.29 is 14.7 Å². The number of rotatable bonds is 2. The largest absolute Gasteiger partial charge is 0.390 e. The monoisotopic (exact) mass is 415 g/mol. The maximum Gasteiger partial charge on any atom is 0.167 e.